The molecule has 0 radical (unpaired) electrons. The molecule has 0 aromatic carbocycles. The molecule has 2 N–H and O–H groups in total. The standard InChI is InChI=1S/C8H14N2O/c1-7-2-4-8(6-9,10-11)5-3-7/h7,10-11H,2-5H2,1H3. The third-order valence-corrected chi connectivity index (χ3v) is 2.56. The molecule has 1 saturated carbocycles. The van der Waals surface area contributed by atoms with E-state index in [0.29, 0.717) is 5.92 Å². The average Bonchev–Trinajstić information content (AvgIpc) is 2.07. The summed E-state index contributed by atoms with van der Waals surface area (Å²) in [5, 5.41) is 17.5. The number of nitrogens with one attached hydrogen (secondary N) is 1. The zero-order chi connectivity index (χ0) is 8.32. The Labute approximate surface area is 67.0 Å². The summed E-state index contributed by atoms with van der Waals surface area (Å²) in [4.78, 5) is 0. The maximum absolute atomic E-state index is 8.76. The van der Waals surface area contributed by atoms with Crippen molar-refractivity contribution in [2.45, 2.75) is 38.1 Å². The summed E-state index contributed by atoms with van der Waals surface area (Å²) in [6.45, 7) is 2.18. The van der Waals surface area contributed by atoms with E-state index in [9.17, 15) is 0 Å². The lowest BCUT2D eigenvalue weighted by Crippen LogP contribution is -2.44. The van der Waals surface area contributed by atoms with Gasteiger partial charge >= 0.3 is 0 Å². The van der Waals surface area contributed by atoms with E-state index in [-0.39, 0.29) is 0 Å². The Morgan fingerprint density at radius 3 is 2.45 bits per heavy atom. The van der Waals surface area contributed by atoms with Crippen LogP contribution in [0.3, 0.4) is 0 Å². The fraction of sp³-hybridized carbons (Fsp3) is 0.875. The molecule has 3 heteroatoms. The van der Waals surface area contributed by atoms with E-state index in [2.05, 4.69) is 18.5 Å². The van der Waals surface area contributed by atoms with Gasteiger partial charge in [0.2, 0.25) is 0 Å². The molecule has 11 heavy (non-hydrogen) atoms. The summed E-state index contributed by atoms with van der Waals surface area (Å²) in [6.07, 6.45) is 3.59. The van der Waals surface area contributed by atoms with Crippen molar-refractivity contribution in [3.05, 3.63) is 0 Å². The molecule has 0 bridgehead atoms. The highest BCUT2D eigenvalue weighted by Crippen LogP contribution is 2.30. The van der Waals surface area contributed by atoms with Gasteiger partial charge < -0.3 is 5.21 Å². The van der Waals surface area contributed by atoms with Crippen molar-refractivity contribution < 1.29 is 5.21 Å². The van der Waals surface area contributed by atoms with Gasteiger partial charge in [-0.25, -0.2) is 0 Å². The fourth-order valence-corrected chi connectivity index (χ4v) is 1.50. The molecule has 0 unspecified atom stereocenters. The molecular formula is C8H14N2O. The second-order valence-corrected chi connectivity index (χ2v) is 3.49. The molecule has 0 aromatic heterocycles. The molecule has 1 fully saturated rings. The van der Waals surface area contributed by atoms with Crippen LogP contribution in [0, 0.1) is 17.2 Å². The number of nitrogens with zero attached hydrogens (tertiary/aromatic N) is 1. The highest BCUT2D eigenvalue weighted by Gasteiger charge is 2.33. The first kappa shape index (κ1) is 8.51. The van der Waals surface area contributed by atoms with Crippen molar-refractivity contribution in [1.29, 1.82) is 5.26 Å². The summed E-state index contributed by atoms with van der Waals surface area (Å²) in [6, 6.07) is 2.13. The van der Waals surface area contributed by atoms with Crippen molar-refractivity contribution >= 4 is 0 Å². The van der Waals surface area contributed by atoms with Gasteiger partial charge in [-0.05, 0) is 31.6 Å². The molecule has 3 nitrogen and oxygen atoms in total. The third kappa shape index (κ3) is 1.70. The molecule has 1 rings (SSSR count). The third-order valence-electron chi connectivity index (χ3n) is 2.56. The smallest absolute Gasteiger partial charge is 0.129 e. The van der Waals surface area contributed by atoms with E-state index in [1.54, 1.807) is 0 Å². The van der Waals surface area contributed by atoms with Gasteiger partial charge in [-0.3, -0.25) is 0 Å². The van der Waals surface area contributed by atoms with Crippen LogP contribution < -0.4 is 5.48 Å². The van der Waals surface area contributed by atoms with Gasteiger partial charge in [0.1, 0.15) is 5.54 Å². The van der Waals surface area contributed by atoms with Crippen LogP contribution in [0.4, 0.5) is 0 Å². The first-order chi connectivity index (χ1) is 5.22. The molecule has 0 heterocycles. The second-order valence-electron chi connectivity index (χ2n) is 3.49. The summed E-state index contributed by atoms with van der Waals surface area (Å²) >= 11 is 0. The van der Waals surface area contributed by atoms with Crippen molar-refractivity contribution in [2.24, 2.45) is 5.92 Å². The number of rotatable bonds is 1. The minimum Gasteiger partial charge on any atom is -0.315 e. The van der Waals surface area contributed by atoms with Gasteiger partial charge in [0.05, 0.1) is 6.07 Å². The van der Waals surface area contributed by atoms with Gasteiger partial charge in [0.15, 0.2) is 0 Å². The number of hydrogen-bond donors (Lipinski definition) is 2. The molecule has 1 aliphatic carbocycles. The van der Waals surface area contributed by atoms with Gasteiger partial charge in [-0.2, -0.15) is 10.7 Å². The van der Waals surface area contributed by atoms with Gasteiger partial charge in [-0.1, -0.05) is 6.92 Å². The highest BCUT2D eigenvalue weighted by atomic mass is 16.5. The zero-order valence-electron chi connectivity index (χ0n) is 6.80. The van der Waals surface area contributed by atoms with E-state index in [1.807, 2.05) is 0 Å². The van der Waals surface area contributed by atoms with Gasteiger partial charge in [0.25, 0.3) is 0 Å². The quantitative estimate of drug-likeness (QED) is 0.562. The molecule has 0 aliphatic heterocycles. The van der Waals surface area contributed by atoms with Crippen LogP contribution in [0.5, 0.6) is 0 Å². The second kappa shape index (κ2) is 3.21. The summed E-state index contributed by atoms with van der Waals surface area (Å²) in [5.41, 5.74) is 1.48. The lowest BCUT2D eigenvalue weighted by Gasteiger charge is -2.31. The van der Waals surface area contributed by atoms with E-state index in [0.717, 1.165) is 25.7 Å². The van der Waals surface area contributed by atoms with Gasteiger partial charge in [0, 0.05) is 0 Å². The molecule has 0 atom stereocenters. The Morgan fingerprint density at radius 2 is 2.09 bits per heavy atom. The maximum atomic E-state index is 8.76. The van der Waals surface area contributed by atoms with Crippen LogP contribution in [0.2, 0.25) is 0 Å². The lowest BCUT2D eigenvalue weighted by atomic mass is 9.79. The van der Waals surface area contributed by atoms with Crippen LogP contribution in [-0.2, 0) is 0 Å². The zero-order valence-corrected chi connectivity index (χ0v) is 6.80. The van der Waals surface area contributed by atoms with Gasteiger partial charge in [-0.15, -0.1) is 0 Å². The summed E-state index contributed by atoms with van der Waals surface area (Å²) in [5.74, 6) is 0.699. The number of hydroxylamine groups is 1. The summed E-state index contributed by atoms with van der Waals surface area (Å²) in [7, 11) is 0. The fourth-order valence-electron chi connectivity index (χ4n) is 1.50. The lowest BCUT2D eigenvalue weighted by molar-refractivity contribution is 0.0612. The van der Waals surface area contributed by atoms with Crippen LogP contribution in [0.1, 0.15) is 32.6 Å². The van der Waals surface area contributed by atoms with E-state index >= 15 is 0 Å². The molecule has 0 amide bonds. The van der Waals surface area contributed by atoms with E-state index in [4.69, 9.17) is 10.5 Å². The number of nitriles is 1. The van der Waals surface area contributed by atoms with E-state index < -0.39 is 5.54 Å². The first-order valence-corrected chi connectivity index (χ1v) is 4.05. The summed E-state index contributed by atoms with van der Waals surface area (Å²) < 4.78 is 0. The Kier molecular flexibility index (Phi) is 2.48. The highest BCUT2D eigenvalue weighted by molar-refractivity contribution is 5.07. The van der Waals surface area contributed by atoms with Crippen LogP contribution >= 0.6 is 0 Å². The SMILES string of the molecule is CC1CCC(C#N)(NO)CC1. The predicted octanol–water partition coefficient (Wildman–Crippen LogP) is 1.44. The topological polar surface area (TPSA) is 56.0 Å². The van der Waals surface area contributed by atoms with Crippen LogP contribution in [-0.4, -0.2) is 10.7 Å². The normalized spacial score (nSPS) is 38.1. The van der Waals surface area contributed by atoms with Crippen molar-refractivity contribution in [3.63, 3.8) is 0 Å². The minimum atomic E-state index is -0.646. The van der Waals surface area contributed by atoms with Crippen molar-refractivity contribution in [1.82, 2.24) is 5.48 Å². The van der Waals surface area contributed by atoms with Crippen LogP contribution in [0.25, 0.3) is 0 Å². The first-order valence-electron chi connectivity index (χ1n) is 4.05. The molecule has 0 aromatic rings. The molecule has 0 spiro atoms. The van der Waals surface area contributed by atoms with Crippen molar-refractivity contribution in [3.8, 4) is 6.07 Å². The Hall–Kier alpha value is -0.590. The van der Waals surface area contributed by atoms with E-state index in [1.165, 1.54) is 0 Å². The Morgan fingerprint density at radius 1 is 1.55 bits per heavy atom. The average molecular weight is 154 g/mol. The Balaban J connectivity index is 2.54. The predicted molar refractivity (Wildman–Crippen MR) is 40.9 cm³/mol. The van der Waals surface area contributed by atoms with Crippen LogP contribution in [0.15, 0.2) is 0 Å². The van der Waals surface area contributed by atoms with Crippen molar-refractivity contribution in [2.75, 3.05) is 0 Å². The monoisotopic (exact) mass is 154 g/mol. The molecule has 0 saturated heterocycles. The maximum Gasteiger partial charge on any atom is 0.129 e. The minimum absolute atomic E-state index is 0.646. The largest absolute Gasteiger partial charge is 0.315 e. The molecular weight excluding hydrogens is 140 g/mol. The molecule has 62 valence electrons. The Bertz CT molecular complexity index is 165. The number of hydrogen-bond acceptors (Lipinski definition) is 3. The molecule has 1 aliphatic rings.